The minimum absolute atomic E-state index is 0.0181. The molecule has 100 valence electrons. The van der Waals surface area contributed by atoms with E-state index in [9.17, 15) is 4.79 Å². The molecular formula is C13H20N2O3. The summed E-state index contributed by atoms with van der Waals surface area (Å²) in [7, 11) is 1.45. The Morgan fingerprint density at radius 3 is 2.78 bits per heavy atom. The highest BCUT2D eigenvalue weighted by atomic mass is 16.5. The molecule has 0 saturated carbocycles. The van der Waals surface area contributed by atoms with E-state index in [1.165, 1.54) is 7.11 Å². The average Bonchev–Trinajstić information content (AvgIpc) is 2.86. The summed E-state index contributed by atoms with van der Waals surface area (Å²) < 4.78 is 10.00. The number of nitrogens with zero attached hydrogens (tertiary/aromatic N) is 2. The van der Waals surface area contributed by atoms with Gasteiger partial charge in [-0.25, -0.2) is 0 Å². The number of hydrogen-bond donors (Lipinski definition) is 0. The average molecular weight is 252 g/mol. The molecule has 2 atom stereocenters. The fourth-order valence-electron chi connectivity index (χ4n) is 2.61. The molecule has 0 spiro atoms. The summed E-state index contributed by atoms with van der Waals surface area (Å²) in [5.74, 6) is 1.07. The lowest BCUT2D eigenvalue weighted by Gasteiger charge is -2.14. The van der Waals surface area contributed by atoms with E-state index in [-0.39, 0.29) is 11.9 Å². The topological polar surface area (TPSA) is 55.6 Å². The summed E-state index contributed by atoms with van der Waals surface area (Å²) in [5.41, 5.74) is 2.06. The number of methoxy groups -OCH3 is 1. The van der Waals surface area contributed by atoms with Crippen molar-refractivity contribution in [2.75, 3.05) is 20.2 Å². The van der Waals surface area contributed by atoms with Gasteiger partial charge in [-0.3, -0.25) is 9.69 Å². The molecule has 0 bridgehead atoms. The highest BCUT2D eigenvalue weighted by molar-refractivity contribution is 5.73. The Bertz CT molecular complexity index is 422. The van der Waals surface area contributed by atoms with Gasteiger partial charge in [-0.15, -0.1) is 0 Å². The maximum atomic E-state index is 11.6. The molecule has 0 aromatic carbocycles. The van der Waals surface area contributed by atoms with E-state index in [0.717, 1.165) is 36.7 Å². The molecule has 1 aromatic rings. The van der Waals surface area contributed by atoms with Gasteiger partial charge < -0.3 is 9.26 Å². The summed E-state index contributed by atoms with van der Waals surface area (Å²) in [6, 6.07) is 0. The number of esters is 1. The Morgan fingerprint density at radius 2 is 2.22 bits per heavy atom. The summed E-state index contributed by atoms with van der Waals surface area (Å²) in [5, 5.41) is 3.95. The molecule has 2 unspecified atom stereocenters. The minimum atomic E-state index is -0.108. The van der Waals surface area contributed by atoms with Gasteiger partial charge in [-0.1, -0.05) is 12.1 Å². The van der Waals surface area contributed by atoms with Crippen LogP contribution in [0.3, 0.4) is 0 Å². The first-order valence-corrected chi connectivity index (χ1v) is 6.24. The second-order valence-corrected chi connectivity index (χ2v) is 5.10. The molecule has 0 amide bonds. The first kappa shape index (κ1) is 13.1. The number of likely N-dealkylation sites (tertiary alicyclic amines) is 1. The van der Waals surface area contributed by atoms with Crippen molar-refractivity contribution in [2.45, 2.75) is 27.3 Å². The number of carbonyl (C=O) groups is 1. The third kappa shape index (κ3) is 2.41. The zero-order valence-corrected chi connectivity index (χ0v) is 11.4. The summed E-state index contributed by atoms with van der Waals surface area (Å²) in [6.07, 6.45) is 0. The highest BCUT2D eigenvalue weighted by Gasteiger charge is 2.35. The van der Waals surface area contributed by atoms with Gasteiger partial charge in [-0.05, 0) is 19.8 Å². The van der Waals surface area contributed by atoms with Gasteiger partial charge in [0.05, 0.1) is 18.7 Å². The van der Waals surface area contributed by atoms with E-state index in [1.807, 2.05) is 13.8 Å². The van der Waals surface area contributed by atoms with Crippen LogP contribution >= 0.6 is 0 Å². The zero-order chi connectivity index (χ0) is 13.3. The van der Waals surface area contributed by atoms with Crippen LogP contribution in [0.5, 0.6) is 0 Å². The maximum absolute atomic E-state index is 11.6. The number of rotatable bonds is 3. The van der Waals surface area contributed by atoms with Crippen LogP contribution in [0.15, 0.2) is 4.52 Å². The van der Waals surface area contributed by atoms with Gasteiger partial charge in [0.2, 0.25) is 0 Å². The predicted octanol–water partition coefficient (Wildman–Crippen LogP) is 1.53. The number of carbonyl (C=O) groups excluding carboxylic acids is 1. The third-order valence-electron chi connectivity index (χ3n) is 3.75. The molecule has 2 heterocycles. The van der Waals surface area contributed by atoms with Crippen molar-refractivity contribution in [2.24, 2.45) is 11.8 Å². The summed E-state index contributed by atoms with van der Waals surface area (Å²) >= 11 is 0. The second-order valence-electron chi connectivity index (χ2n) is 5.10. The SMILES string of the molecule is COC(=O)C1CN(Cc2c(C)noc2C)CC1C. The van der Waals surface area contributed by atoms with Crippen molar-refractivity contribution in [3.63, 3.8) is 0 Å². The first-order valence-electron chi connectivity index (χ1n) is 6.24. The van der Waals surface area contributed by atoms with E-state index in [1.54, 1.807) is 0 Å². The van der Waals surface area contributed by atoms with Gasteiger partial charge in [0, 0.05) is 25.2 Å². The monoisotopic (exact) mass is 252 g/mol. The lowest BCUT2D eigenvalue weighted by molar-refractivity contribution is -0.146. The van der Waals surface area contributed by atoms with Crippen LogP contribution in [-0.4, -0.2) is 36.2 Å². The van der Waals surface area contributed by atoms with Crippen LogP contribution in [0.1, 0.15) is 23.9 Å². The molecule has 5 heteroatoms. The normalized spacial score (nSPS) is 24.4. The van der Waals surface area contributed by atoms with Crippen LogP contribution in [0.2, 0.25) is 0 Å². The molecule has 0 N–H and O–H groups in total. The smallest absolute Gasteiger partial charge is 0.310 e. The van der Waals surface area contributed by atoms with E-state index >= 15 is 0 Å². The zero-order valence-electron chi connectivity index (χ0n) is 11.4. The van der Waals surface area contributed by atoms with E-state index < -0.39 is 0 Å². The third-order valence-corrected chi connectivity index (χ3v) is 3.75. The lowest BCUT2D eigenvalue weighted by Crippen LogP contribution is -2.24. The summed E-state index contributed by atoms with van der Waals surface area (Å²) in [4.78, 5) is 13.9. The molecule has 1 saturated heterocycles. The van der Waals surface area contributed by atoms with Gasteiger partial charge in [0.1, 0.15) is 5.76 Å². The largest absolute Gasteiger partial charge is 0.469 e. The highest BCUT2D eigenvalue weighted by Crippen LogP contribution is 2.26. The van der Waals surface area contributed by atoms with Crippen LogP contribution in [0.4, 0.5) is 0 Å². The van der Waals surface area contributed by atoms with Gasteiger partial charge in [0.15, 0.2) is 0 Å². The predicted molar refractivity (Wildman–Crippen MR) is 65.9 cm³/mol. The van der Waals surface area contributed by atoms with Gasteiger partial charge in [-0.2, -0.15) is 0 Å². The van der Waals surface area contributed by atoms with Crippen LogP contribution in [-0.2, 0) is 16.1 Å². The molecule has 0 aliphatic carbocycles. The minimum Gasteiger partial charge on any atom is -0.469 e. The number of aryl methyl sites for hydroxylation is 2. The number of hydrogen-bond acceptors (Lipinski definition) is 5. The lowest BCUT2D eigenvalue weighted by atomic mass is 9.99. The van der Waals surface area contributed by atoms with Crippen molar-refractivity contribution in [1.82, 2.24) is 10.1 Å². The van der Waals surface area contributed by atoms with E-state index in [4.69, 9.17) is 9.26 Å². The number of aromatic nitrogens is 1. The van der Waals surface area contributed by atoms with Crippen molar-refractivity contribution in [1.29, 1.82) is 0 Å². The molecule has 1 aromatic heterocycles. The Hall–Kier alpha value is -1.36. The van der Waals surface area contributed by atoms with Crippen LogP contribution < -0.4 is 0 Å². The molecular weight excluding hydrogens is 232 g/mol. The first-order chi connectivity index (χ1) is 8.52. The van der Waals surface area contributed by atoms with Crippen LogP contribution in [0, 0.1) is 25.7 Å². The molecule has 0 radical (unpaired) electrons. The summed E-state index contributed by atoms with van der Waals surface area (Å²) in [6.45, 7) is 8.41. The van der Waals surface area contributed by atoms with E-state index in [0.29, 0.717) is 5.92 Å². The maximum Gasteiger partial charge on any atom is 0.310 e. The fourth-order valence-corrected chi connectivity index (χ4v) is 2.61. The molecule has 1 aliphatic heterocycles. The van der Waals surface area contributed by atoms with Gasteiger partial charge >= 0.3 is 5.97 Å². The van der Waals surface area contributed by atoms with Gasteiger partial charge in [0.25, 0.3) is 0 Å². The number of ether oxygens (including phenoxy) is 1. The Morgan fingerprint density at radius 1 is 1.50 bits per heavy atom. The quantitative estimate of drug-likeness (QED) is 0.764. The standard InChI is InChI=1S/C13H20N2O3/c1-8-5-15(6-11(8)13(16)17-4)7-12-9(2)14-18-10(12)3/h8,11H,5-7H2,1-4H3. The molecule has 1 fully saturated rings. The molecule has 18 heavy (non-hydrogen) atoms. The molecule has 2 rings (SSSR count). The Kier molecular flexibility index (Phi) is 3.71. The molecule has 1 aliphatic rings. The molecule has 5 nitrogen and oxygen atoms in total. The van der Waals surface area contributed by atoms with Crippen LogP contribution in [0.25, 0.3) is 0 Å². The van der Waals surface area contributed by atoms with E-state index in [2.05, 4.69) is 17.0 Å². The second kappa shape index (κ2) is 5.10. The van der Waals surface area contributed by atoms with Crippen molar-refractivity contribution < 1.29 is 14.1 Å². The van der Waals surface area contributed by atoms with Crippen molar-refractivity contribution in [3.8, 4) is 0 Å². The Labute approximate surface area is 107 Å². The fraction of sp³-hybridized carbons (Fsp3) is 0.692. The van der Waals surface area contributed by atoms with Crippen molar-refractivity contribution >= 4 is 5.97 Å². The van der Waals surface area contributed by atoms with Crippen molar-refractivity contribution in [3.05, 3.63) is 17.0 Å². The Balaban J connectivity index is 2.03.